The van der Waals surface area contributed by atoms with Gasteiger partial charge in [-0.3, -0.25) is 0 Å². The lowest BCUT2D eigenvalue weighted by molar-refractivity contribution is 0.417. The normalized spacial score (nSPS) is 10.8. The van der Waals surface area contributed by atoms with Crippen LogP contribution in [0.4, 0.5) is 15.2 Å². The second kappa shape index (κ2) is 5.26. The summed E-state index contributed by atoms with van der Waals surface area (Å²) in [6, 6.07) is 9.80. The van der Waals surface area contributed by atoms with E-state index in [4.69, 9.17) is 16.3 Å². The maximum absolute atomic E-state index is 13.2. The van der Waals surface area contributed by atoms with Gasteiger partial charge in [-0.1, -0.05) is 22.9 Å². The number of rotatable bonds is 3. The van der Waals surface area contributed by atoms with Gasteiger partial charge in [-0.2, -0.15) is 0 Å². The van der Waals surface area contributed by atoms with E-state index in [2.05, 4.69) is 10.3 Å². The third kappa shape index (κ3) is 2.55. The molecule has 0 aliphatic carbocycles. The van der Waals surface area contributed by atoms with Crippen molar-refractivity contribution in [3.63, 3.8) is 0 Å². The van der Waals surface area contributed by atoms with Crippen LogP contribution in [-0.4, -0.2) is 12.1 Å². The summed E-state index contributed by atoms with van der Waals surface area (Å²) in [6.45, 7) is 0. The minimum atomic E-state index is -0.270. The van der Waals surface area contributed by atoms with Crippen LogP contribution in [0.3, 0.4) is 0 Å². The summed E-state index contributed by atoms with van der Waals surface area (Å²) < 4.78 is 19.2. The fourth-order valence-electron chi connectivity index (χ4n) is 1.85. The van der Waals surface area contributed by atoms with Crippen LogP contribution in [-0.2, 0) is 0 Å². The average Bonchev–Trinajstić information content (AvgIpc) is 2.80. The Morgan fingerprint density at radius 2 is 2.10 bits per heavy atom. The first-order valence-corrected chi connectivity index (χ1v) is 7.02. The molecule has 0 aliphatic heterocycles. The highest BCUT2D eigenvalue weighted by molar-refractivity contribution is 7.22. The molecule has 3 aromatic rings. The van der Waals surface area contributed by atoms with E-state index in [1.807, 2.05) is 0 Å². The van der Waals surface area contributed by atoms with Gasteiger partial charge in [0, 0.05) is 5.02 Å². The van der Waals surface area contributed by atoms with Gasteiger partial charge in [-0.05, 0) is 36.4 Å². The Labute approximate surface area is 124 Å². The SMILES string of the molecule is COc1ccc(Cl)cc1Nc1nc2ccc(F)cc2s1. The lowest BCUT2D eigenvalue weighted by atomic mass is 10.3. The molecule has 0 aliphatic rings. The van der Waals surface area contributed by atoms with Crippen molar-refractivity contribution < 1.29 is 9.13 Å². The van der Waals surface area contributed by atoms with Gasteiger partial charge in [0.25, 0.3) is 0 Å². The number of benzene rings is 2. The Bertz CT molecular complexity index is 775. The number of hydrogen-bond acceptors (Lipinski definition) is 4. The molecule has 0 fully saturated rings. The van der Waals surface area contributed by atoms with E-state index in [0.29, 0.717) is 15.9 Å². The van der Waals surface area contributed by atoms with Gasteiger partial charge in [0.1, 0.15) is 11.6 Å². The van der Waals surface area contributed by atoms with Crippen LogP contribution in [0.15, 0.2) is 36.4 Å². The van der Waals surface area contributed by atoms with E-state index in [1.54, 1.807) is 31.4 Å². The van der Waals surface area contributed by atoms with Crippen LogP contribution in [0.1, 0.15) is 0 Å². The molecule has 3 rings (SSSR count). The monoisotopic (exact) mass is 308 g/mol. The largest absolute Gasteiger partial charge is 0.495 e. The number of nitrogens with zero attached hydrogens (tertiary/aromatic N) is 1. The number of aromatic nitrogens is 1. The lowest BCUT2D eigenvalue weighted by Gasteiger charge is -2.08. The Balaban J connectivity index is 1.98. The quantitative estimate of drug-likeness (QED) is 0.751. The summed E-state index contributed by atoms with van der Waals surface area (Å²) in [7, 11) is 1.59. The first-order valence-electron chi connectivity index (χ1n) is 5.82. The summed E-state index contributed by atoms with van der Waals surface area (Å²) in [6.07, 6.45) is 0. The van der Waals surface area contributed by atoms with Crippen LogP contribution in [0, 0.1) is 5.82 Å². The van der Waals surface area contributed by atoms with Crippen molar-refractivity contribution in [2.45, 2.75) is 0 Å². The molecule has 102 valence electrons. The maximum Gasteiger partial charge on any atom is 0.188 e. The van der Waals surface area contributed by atoms with Gasteiger partial charge in [0.15, 0.2) is 5.13 Å². The molecule has 2 aromatic carbocycles. The number of anilines is 2. The summed E-state index contributed by atoms with van der Waals surface area (Å²) in [4.78, 5) is 4.40. The summed E-state index contributed by atoms with van der Waals surface area (Å²) >= 11 is 7.35. The minimum Gasteiger partial charge on any atom is -0.495 e. The van der Waals surface area contributed by atoms with Gasteiger partial charge in [0.05, 0.1) is 23.0 Å². The van der Waals surface area contributed by atoms with Crippen molar-refractivity contribution in [1.82, 2.24) is 4.98 Å². The Morgan fingerprint density at radius 1 is 1.25 bits per heavy atom. The van der Waals surface area contributed by atoms with Gasteiger partial charge in [-0.25, -0.2) is 9.37 Å². The molecule has 0 radical (unpaired) electrons. The van der Waals surface area contributed by atoms with E-state index in [1.165, 1.54) is 23.5 Å². The molecule has 0 unspecified atom stereocenters. The average molecular weight is 309 g/mol. The topological polar surface area (TPSA) is 34.1 Å². The van der Waals surface area contributed by atoms with Crippen LogP contribution in [0.5, 0.6) is 5.75 Å². The molecule has 1 aromatic heterocycles. The van der Waals surface area contributed by atoms with Gasteiger partial charge in [-0.15, -0.1) is 0 Å². The van der Waals surface area contributed by atoms with E-state index < -0.39 is 0 Å². The van der Waals surface area contributed by atoms with Crippen LogP contribution in [0.2, 0.25) is 5.02 Å². The predicted octanol–water partition coefficient (Wildman–Crippen LogP) is 4.84. The van der Waals surface area contributed by atoms with Crippen molar-refractivity contribution in [1.29, 1.82) is 0 Å². The van der Waals surface area contributed by atoms with Gasteiger partial charge >= 0.3 is 0 Å². The van der Waals surface area contributed by atoms with Gasteiger partial charge in [0.2, 0.25) is 0 Å². The molecule has 0 saturated carbocycles. The molecule has 3 nitrogen and oxygen atoms in total. The van der Waals surface area contributed by atoms with Crippen LogP contribution < -0.4 is 10.1 Å². The number of fused-ring (bicyclic) bond motifs is 1. The minimum absolute atomic E-state index is 0.270. The Morgan fingerprint density at radius 3 is 2.90 bits per heavy atom. The van der Waals surface area contributed by atoms with E-state index in [-0.39, 0.29) is 5.82 Å². The standard InChI is InChI=1S/C14H10ClFN2OS/c1-19-12-5-2-8(15)6-11(12)18-14-17-10-4-3-9(16)7-13(10)20-14/h2-7H,1H3,(H,17,18). The molecule has 0 amide bonds. The number of hydrogen-bond donors (Lipinski definition) is 1. The molecule has 0 bridgehead atoms. The molecular weight excluding hydrogens is 299 g/mol. The maximum atomic E-state index is 13.2. The van der Waals surface area contributed by atoms with E-state index in [0.717, 1.165) is 15.9 Å². The second-order valence-corrected chi connectivity index (χ2v) is 5.57. The predicted molar refractivity (Wildman–Crippen MR) is 80.9 cm³/mol. The fourth-order valence-corrected chi connectivity index (χ4v) is 2.92. The summed E-state index contributed by atoms with van der Waals surface area (Å²) in [5.74, 6) is 0.396. The highest BCUT2D eigenvalue weighted by Gasteiger charge is 2.08. The smallest absolute Gasteiger partial charge is 0.188 e. The number of ether oxygens (including phenoxy) is 1. The Hall–Kier alpha value is -1.85. The summed E-state index contributed by atoms with van der Waals surface area (Å²) in [5, 5.41) is 4.40. The van der Waals surface area contributed by atoms with Crippen LogP contribution in [0.25, 0.3) is 10.2 Å². The first-order chi connectivity index (χ1) is 9.65. The third-order valence-corrected chi connectivity index (χ3v) is 3.92. The van der Waals surface area contributed by atoms with Crippen molar-refractivity contribution in [3.05, 3.63) is 47.2 Å². The van der Waals surface area contributed by atoms with Crippen molar-refractivity contribution in [3.8, 4) is 5.75 Å². The number of methoxy groups -OCH3 is 1. The lowest BCUT2D eigenvalue weighted by Crippen LogP contribution is -1.93. The molecule has 0 atom stereocenters. The molecule has 1 heterocycles. The third-order valence-electron chi connectivity index (χ3n) is 2.75. The molecule has 6 heteroatoms. The van der Waals surface area contributed by atoms with Gasteiger partial charge < -0.3 is 10.1 Å². The molecular formula is C14H10ClFN2OS. The molecule has 0 saturated heterocycles. The fraction of sp³-hybridized carbons (Fsp3) is 0.0714. The first kappa shape index (κ1) is 13.1. The molecule has 1 N–H and O–H groups in total. The van der Waals surface area contributed by atoms with E-state index >= 15 is 0 Å². The zero-order chi connectivity index (χ0) is 14.1. The van der Waals surface area contributed by atoms with Crippen LogP contribution >= 0.6 is 22.9 Å². The number of thiazole rings is 1. The second-order valence-electron chi connectivity index (χ2n) is 4.10. The Kier molecular flexibility index (Phi) is 3.46. The number of halogens is 2. The zero-order valence-corrected chi connectivity index (χ0v) is 12.1. The molecule has 0 spiro atoms. The van der Waals surface area contributed by atoms with E-state index in [9.17, 15) is 4.39 Å². The zero-order valence-electron chi connectivity index (χ0n) is 10.5. The summed E-state index contributed by atoms with van der Waals surface area (Å²) in [5.41, 5.74) is 1.47. The number of nitrogens with one attached hydrogen (secondary N) is 1. The molecule has 20 heavy (non-hydrogen) atoms. The van der Waals surface area contributed by atoms with Crippen molar-refractivity contribution in [2.24, 2.45) is 0 Å². The highest BCUT2D eigenvalue weighted by Crippen LogP contribution is 2.34. The van der Waals surface area contributed by atoms with Crippen molar-refractivity contribution in [2.75, 3.05) is 12.4 Å². The van der Waals surface area contributed by atoms with Crippen molar-refractivity contribution >= 4 is 44.0 Å². The highest BCUT2D eigenvalue weighted by atomic mass is 35.5.